The summed E-state index contributed by atoms with van der Waals surface area (Å²) < 4.78 is 7.29. The normalized spacial score (nSPS) is 19.9. The highest BCUT2D eigenvalue weighted by Crippen LogP contribution is 2.20. The molecule has 5 nitrogen and oxygen atoms in total. The van der Waals surface area contributed by atoms with Crippen molar-refractivity contribution in [3.63, 3.8) is 0 Å². The first-order chi connectivity index (χ1) is 8.84. The lowest BCUT2D eigenvalue weighted by molar-refractivity contribution is 0.0277. The second-order valence-electron chi connectivity index (χ2n) is 4.29. The van der Waals surface area contributed by atoms with Crippen LogP contribution in [0, 0.1) is 0 Å². The summed E-state index contributed by atoms with van der Waals surface area (Å²) in [6, 6.07) is 7.88. The van der Waals surface area contributed by atoms with Gasteiger partial charge in [0.25, 0.3) is 0 Å². The number of aromatic amines is 1. The van der Waals surface area contributed by atoms with E-state index in [9.17, 15) is 4.79 Å². The molecule has 94 valence electrons. The highest BCUT2D eigenvalue weighted by Gasteiger charge is 2.16. The van der Waals surface area contributed by atoms with E-state index in [1.807, 2.05) is 24.3 Å². The Balaban J connectivity index is 1.94. The minimum atomic E-state index is -0.130. The molecule has 1 aliphatic rings. The molecule has 18 heavy (non-hydrogen) atoms. The first kappa shape index (κ1) is 11.3. The number of H-pyrrole nitrogens is 1. The van der Waals surface area contributed by atoms with Gasteiger partial charge in [-0.25, -0.2) is 4.79 Å². The molecule has 0 amide bonds. The smallest absolute Gasteiger partial charge is 0.330 e. The third kappa shape index (κ3) is 2.10. The van der Waals surface area contributed by atoms with Crippen LogP contribution in [0.25, 0.3) is 5.69 Å². The van der Waals surface area contributed by atoms with Crippen LogP contribution in [0.2, 0.25) is 0 Å². The molecule has 3 rings (SSSR count). The zero-order valence-electron chi connectivity index (χ0n) is 9.93. The summed E-state index contributed by atoms with van der Waals surface area (Å²) in [4.78, 5) is 14.2. The Kier molecular flexibility index (Phi) is 3.00. The van der Waals surface area contributed by atoms with Gasteiger partial charge in [-0.3, -0.25) is 4.57 Å². The van der Waals surface area contributed by atoms with Gasteiger partial charge >= 0.3 is 5.69 Å². The summed E-state index contributed by atoms with van der Waals surface area (Å²) in [5.41, 5.74) is 1.82. The molecule has 0 spiro atoms. The van der Waals surface area contributed by atoms with Crippen LogP contribution < -0.4 is 11.0 Å². The zero-order valence-corrected chi connectivity index (χ0v) is 9.93. The van der Waals surface area contributed by atoms with Crippen LogP contribution in [0.1, 0.15) is 11.7 Å². The van der Waals surface area contributed by atoms with Crippen molar-refractivity contribution in [3.8, 4) is 5.69 Å². The minimum absolute atomic E-state index is 0.0633. The molecule has 2 N–H and O–H groups in total. The van der Waals surface area contributed by atoms with E-state index in [2.05, 4.69) is 10.3 Å². The lowest BCUT2D eigenvalue weighted by atomic mass is 10.1. The van der Waals surface area contributed by atoms with E-state index in [1.165, 1.54) is 0 Å². The zero-order chi connectivity index (χ0) is 12.4. The van der Waals surface area contributed by atoms with Gasteiger partial charge in [-0.15, -0.1) is 0 Å². The second kappa shape index (κ2) is 4.80. The number of nitrogens with zero attached hydrogens (tertiary/aromatic N) is 1. The molecule has 1 aliphatic heterocycles. The van der Waals surface area contributed by atoms with Gasteiger partial charge in [-0.2, -0.15) is 0 Å². The van der Waals surface area contributed by atoms with Crippen LogP contribution >= 0.6 is 0 Å². The summed E-state index contributed by atoms with van der Waals surface area (Å²) in [6.07, 6.45) is 3.42. The van der Waals surface area contributed by atoms with Gasteiger partial charge < -0.3 is 15.0 Å². The van der Waals surface area contributed by atoms with E-state index in [0.29, 0.717) is 0 Å². The topological polar surface area (TPSA) is 59.0 Å². The fraction of sp³-hybridized carbons (Fsp3) is 0.308. The maximum atomic E-state index is 11.6. The van der Waals surface area contributed by atoms with Gasteiger partial charge in [0.05, 0.1) is 18.4 Å². The molecule has 1 unspecified atom stereocenters. The molecule has 0 bridgehead atoms. The molecule has 2 heterocycles. The van der Waals surface area contributed by atoms with E-state index in [0.717, 1.165) is 30.9 Å². The number of benzene rings is 1. The Morgan fingerprint density at radius 1 is 1.39 bits per heavy atom. The molecular formula is C13H15N3O2. The molecular weight excluding hydrogens is 230 g/mol. The Bertz CT molecular complexity index is 582. The van der Waals surface area contributed by atoms with E-state index < -0.39 is 0 Å². The first-order valence-electron chi connectivity index (χ1n) is 6.03. The number of imidazole rings is 1. The van der Waals surface area contributed by atoms with Crippen LogP contribution in [-0.4, -0.2) is 29.2 Å². The maximum Gasteiger partial charge on any atom is 0.330 e. The number of rotatable bonds is 2. The minimum Gasteiger partial charge on any atom is -0.371 e. The van der Waals surface area contributed by atoms with Crippen LogP contribution in [-0.2, 0) is 4.74 Å². The largest absolute Gasteiger partial charge is 0.371 e. The number of hydrogen-bond acceptors (Lipinski definition) is 3. The number of nitrogens with one attached hydrogen (secondary N) is 2. The molecule has 0 aliphatic carbocycles. The maximum absolute atomic E-state index is 11.6. The predicted octanol–water partition coefficient (Wildman–Crippen LogP) is 0.826. The predicted molar refractivity (Wildman–Crippen MR) is 68.0 cm³/mol. The molecule has 1 atom stereocenters. The average molecular weight is 245 g/mol. The lowest BCUT2D eigenvalue weighted by Crippen LogP contribution is -2.33. The number of morpholine rings is 1. The standard InChI is InChI=1S/C13H15N3O2/c17-13-15-4-6-16(13)11-3-1-2-10(8-11)12-9-14-5-7-18-12/h1-4,6,8,12,14H,5,7,9H2,(H,15,17). The summed E-state index contributed by atoms with van der Waals surface area (Å²) in [5, 5.41) is 3.30. The summed E-state index contributed by atoms with van der Waals surface area (Å²) in [6.45, 7) is 2.43. The molecule has 5 heteroatoms. The van der Waals surface area contributed by atoms with E-state index in [4.69, 9.17) is 4.74 Å². The number of aromatic nitrogens is 2. The van der Waals surface area contributed by atoms with Crippen LogP contribution in [0.4, 0.5) is 0 Å². The SMILES string of the molecule is O=c1[nH]ccn1-c1cccc(C2CNCCO2)c1. The average Bonchev–Trinajstić information content (AvgIpc) is 2.86. The third-order valence-corrected chi connectivity index (χ3v) is 3.10. The van der Waals surface area contributed by atoms with Crippen molar-refractivity contribution >= 4 is 0 Å². The molecule has 0 radical (unpaired) electrons. The summed E-state index contributed by atoms with van der Waals surface area (Å²) >= 11 is 0. The quantitative estimate of drug-likeness (QED) is 0.823. The number of hydrogen-bond donors (Lipinski definition) is 2. The van der Waals surface area contributed by atoms with E-state index in [1.54, 1.807) is 17.0 Å². The van der Waals surface area contributed by atoms with Crippen LogP contribution in [0.3, 0.4) is 0 Å². The highest BCUT2D eigenvalue weighted by atomic mass is 16.5. The van der Waals surface area contributed by atoms with Crippen LogP contribution in [0.15, 0.2) is 41.5 Å². The fourth-order valence-corrected chi connectivity index (χ4v) is 2.18. The van der Waals surface area contributed by atoms with Gasteiger partial charge in [-0.05, 0) is 17.7 Å². The Morgan fingerprint density at radius 3 is 3.06 bits per heavy atom. The molecule has 2 aromatic rings. The fourth-order valence-electron chi connectivity index (χ4n) is 2.18. The van der Waals surface area contributed by atoms with Crippen LogP contribution in [0.5, 0.6) is 0 Å². The monoisotopic (exact) mass is 245 g/mol. The number of ether oxygens (including phenoxy) is 1. The highest BCUT2D eigenvalue weighted by molar-refractivity contribution is 5.37. The molecule has 0 saturated carbocycles. The first-order valence-corrected chi connectivity index (χ1v) is 6.03. The molecule has 1 aromatic carbocycles. The Labute approximate surface area is 104 Å². The van der Waals surface area contributed by atoms with Gasteiger partial charge in [0.2, 0.25) is 0 Å². The Morgan fingerprint density at radius 2 is 2.33 bits per heavy atom. The van der Waals surface area contributed by atoms with Crippen molar-refractivity contribution in [1.29, 1.82) is 0 Å². The molecule has 1 saturated heterocycles. The van der Waals surface area contributed by atoms with Gasteiger partial charge in [0.15, 0.2) is 0 Å². The van der Waals surface area contributed by atoms with Crippen molar-refractivity contribution in [2.24, 2.45) is 0 Å². The summed E-state index contributed by atoms with van der Waals surface area (Å²) in [7, 11) is 0. The molecule has 1 aromatic heterocycles. The Hall–Kier alpha value is -1.85. The second-order valence-corrected chi connectivity index (χ2v) is 4.29. The third-order valence-electron chi connectivity index (χ3n) is 3.10. The molecule has 1 fully saturated rings. The van der Waals surface area contributed by atoms with Crippen molar-refractivity contribution in [1.82, 2.24) is 14.9 Å². The summed E-state index contributed by atoms with van der Waals surface area (Å²) in [5.74, 6) is 0. The lowest BCUT2D eigenvalue weighted by Gasteiger charge is -2.24. The van der Waals surface area contributed by atoms with Crippen molar-refractivity contribution < 1.29 is 4.74 Å². The van der Waals surface area contributed by atoms with Gasteiger partial charge in [-0.1, -0.05) is 12.1 Å². The van der Waals surface area contributed by atoms with Gasteiger partial charge in [0.1, 0.15) is 0 Å². The van der Waals surface area contributed by atoms with Crippen molar-refractivity contribution in [2.45, 2.75) is 6.10 Å². The van der Waals surface area contributed by atoms with Gasteiger partial charge in [0, 0.05) is 25.5 Å². The van der Waals surface area contributed by atoms with Crippen molar-refractivity contribution in [2.75, 3.05) is 19.7 Å². The van der Waals surface area contributed by atoms with E-state index in [-0.39, 0.29) is 11.8 Å². The van der Waals surface area contributed by atoms with Crippen molar-refractivity contribution in [3.05, 3.63) is 52.7 Å². The van der Waals surface area contributed by atoms with E-state index >= 15 is 0 Å².